The summed E-state index contributed by atoms with van der Waals surface area (Å²) < 4.78 is 0. The Kier molecular flexibility index (Phi) is 7.06. The van der Waals surface area contributed by atoms with E-state index in [-0.39, 0.29) is 5.41 Å². The van der Waals surface area contributed by atoms with Crippen LogP contribution in [0.5, 0.6) is 0 Å². The third kappa shape index (κ3) is 6.07. The van der Waals surface area contributed by atoms with Crippen molar-refractivity contribution in [1.82, 2.24) is 4.90 Å². The molecule has 19 heavy (non-hydrogen) atoms. The lowest BCUT2D eigenvalue weighted by Gasteiger charge is -2.32. The molecule has 0 aliphatic heterocycles. The van der Waals surface area contributed by atoms with E-state index in [1.807, 2.05) is 0 Å². The van der Waals surface area contributed by atoms with Gasteiger partial charge in [-0.3, -0.25) is 0 Å². The SMILES string of the molecule is CC(C)CCN(CCC(C)C)CC1(C=O)CCCC1. The van der Waals surface area contributed by atoms with E-state index < -0.39 is 0 Å². The Hall–Kier alpha value is -0.370. The molecule has 0 amide bonds. The van der Waals surface area contributed by atoms with Gasteiger partial charge in [-0.2, -0.15) is 0 Å². The van der Waals surface area contributed by atoms with Crippen molar-refractivity contribution in [3.8, 4) is 0 Å². The molecule has 1 aliphatic carbocycles. The summed E-state index contributed by atoms with van der Waals surface area (Å²) in [6, 6.07) is 0. The summed E-state index contributed by atoms with van der Waals surface area (Å²) in [5.41, 5.74) is -0.0199. The first-order valence-corrected chi connectivity index (χ1v) is 8.16. The molecule has 1 saturated carbocycles. The van der Waals surface area contributed by atoms with Gasteiger partial charge in [0, 0.05) is 12.0 Å². The molecule has 0 heterocycles. The smallest absolute Gasteiger partial charge is 0.127 e. The summed E-state index contributed by atoms with van der Waals surface area (Å²) in [6.07, 6.45) is 8.44. The highest BCUT2D eigenvalue weighted by atomic mass is 16.1. The summed E-state index contributed by atoms with van der Waals surface area (Å²) in [5.74, 6) is 1.50. The molecule has 1 fully saturated rings. The van der Waals surface area contributed by atoms with Crippen LogP contribution in [-0.2, 0) is 4.79 Å². The molecule has 0 atom stereocenters. The highest BCUT2D eigenvalue weighted by molar-refractivity contribution is 5.60. The van der Waals surface area contributed by atoms with Crippen LogP contribution < -0.4 is 0 Å². The van der Waals surface area contributed by atoms with Crippen molar-refractivity contribution in [2.75, 3.05) is 19.6 Å². The van der Waals surface area contributed by atoms with Crippen LogP contribution in [0, 0.1) is 17.3 Å². The maximum Gasteiger partial charge on any atom is 0.127 e. The van der Waals surface area contributed by atoms with Gasteiger partial charge in [-0.25, -0.2) is 0 Å². The zero-order valence-electron chi connectivity index (χ0n) is 13.5. The van der Waals surface area contributed by atoms with Crippen LogP contribution in [0.25, 0.3) is 0 Å². The zero-order valence-corrected chi connectivity index (χ0v) is 13.5. The topological polar surface area (TPSA) is 20.3 Å². The Morgan fingerprint density at radius 1 is 1.00 bits per heavy atom. The molecule has 0 bridgehead atoms. The Bertz CT molecular complexity index is 242. The summed E-state index contributed by atoms with van der Waals surface area (Å²) in [4.78, 5) is 14.1. The lowest BCUT2D eigenvalue weighted by molar-refractivity contribution is -0.117. The van der Waals surface area contributed by atoms with Crippen LogP contribution in [0.3, 0.4) is 0 Å². The van der Waals surface area contributed by atoms with Crippen LogP contribution in [0.15, 0.2) is 0 Å². The molecule has 0 N–H and O–H groups in total. The maximum absolute atomic E-state index is 11.5. The molecule has 112 valence electrons. The van der Waals surface area contributed by atoms with Gasteiger partial charge in [-0.15, -0.1) is 0 Å². The fourth-order valence-electron chi connectivity index (χ4n) is 2.99. The highest BCUT2D eigenvalue weighted by Crippen LogP contribution is 2.37. The van der Waals surface area contributed by atoms with E-state index in [4.69, 9.17) is 0 Å². The van der Waals surface area contributed by atoms with Gasteiger partial charge in [0.1, 0.15) is 6.29 Å². The Labute approximate surface area is 119 Å². The van der Waals surface area contributed by atoms with Crippen molar-refractivity contribution in [2.45, 2.75) is 66.2 Å². The van der Waals surface area contributed by atoms with Crippen LogP contribution in [0.2, 0.25) is 0 Å². The van der Waals surface area contributed by atoms with Crippen molar-refractivity contribution >= 4 is 6.29 Å². The number of carbonyl (C=O) groups excluding carboxylic acids is 1. The number of hydrogen-bond acceptors (Lipinski definition) is 2. The van der Waals surface area contributed by atoms with Crippen molar-refractivity contribution in [2.24, 2.45) is 17.3 Å². The summed E-state index contributed by atoms with van der Waals surface area (Å²) in [6.45, 7) is 12.4. The van der Waals surface area contributed by atoms with E-state index in [2.05, 4.69) is 32.6 Å². The highest BCUT2D eigenvalue weighted by Gasteiger charge is 2.35. The minimum Gasteiger partial charge on any atom is -0.303 e. The van der Waals surface area contributed by atoms with Gasteiger partial charge < -0.3 is 9.69 Å². The van der Waals surface area contributed by atoms with Gasteiger partial charge in [0.2, 0.25) is 0 Å². The van der Waals surface area contributed by atoms with Gasteiger partial charge in [-0.1, -0.05) is 40.5 Å². The molecule has 1 aliphatic rings. The predicted molar refractivity (Wildman–Crippen MR) is 82.3 cm³/mol. The van der Waals surface area contributed by atoms with E-state index in [0.29, 0.717) is 0 Å². The Morgan fingerprint density at radius 3 is 1.84 bits per heavy atom. The van der Waals surface area contributed by atoms with Crippen LogP contribution in [0.4, 0.5) is 0 Å². The van der Waals surface area contributed by atoms with Gasteiger partial charge in [-0.05, 0) is 50.6 Å². The monoisotopic (exact) mass is 267 g/mol. The molecule has 2 nitrogen and oxygen atoms in total. The van der Waals surface area contributed by atoms with Gasteiger partial charge in [0.25, 0.3) is 0 Å². The van der Waals surface area contributed by atoms with Gasteiger partial charge in [0.15, 0.2) is 0 Å². The quantitative estimate of drug-likeness (QED) is 0.585. The second kappa shape index (κ2) is 8.04. The molecular formula is C17H33NO. The summed E-state index contributed by atoms with van der Waals surface area (Å²) in [7, 11) is 0. The molecule has 0 saturated heterocycles. The third-order valence-electron chi connectivity index (χ3n) is 4.43. The fraction of sp³-hybridized carbons (Fsp3) is 0.941. The second-order valence-corrected chi connectivity index (χ2v) is 7.33. The molecule has 0 aromatic carbocycles. The zero-order chi connectivity index (χ0) is 14.3. The lowest BCUT2D eigenvalue weighted by atomic mass is 9.87. The Morgan fingerprint density at radius 2 is 1.47 bits per heavy atom. The number of rotatable bonds is 9. The first-order valence-electron chi connectivity index (χ1n) is 8.16. The van der Waals surface area contributed by atoms with Crippen molar-refractivity contribution in [1.29, 1.82) is 0 Å². The van der Waals surface area contributed by atoms with E-state index in [9.17, 15) is 4.79 Å². The van der Waals surface area contributed by atoms with Crippen molar-refractivity contribution in [3.05, 3.63) is 0 Å². The number of carbonyl (C=O) groups is 1. The fourth-order valence-corrected chi connectivity index (χ4v) is 2.99. The van der Waals surface area contributed by atoms with Gasteiger partial charge in [0.05, 0.1) is 0 Å². The number of hydrogen-bond donors (Lipinski definition) is 0. The van der Waals surface area contributed by atoms with E-state index in [0.717, 1.165) is 44.3 Å². The van der Waals surface area contributed by atoms with Crippen LogP contribution in [0.1, 0.15) is 66.2 Å². The average molecular weight is 267 g/mol. The normalized spacial score (nSPS) is 18.7. The number of aldehydes is 1. The summed E-state index contributed by atoms with van der Waals surface area (Å²) >= 11 is 0. The maximum atomic E-state index is 11.5. The van der Waals surface area contributed by atoms with E-state index in [1.165, 1.54) is 32.0 Å². The largest absolute Gasteiger partial charge is 0.303 e. The molecular weight excluding hydrogens is 234 g/mol. The van der Waals surface area contributed by atoms with Crippen molar-refractivity contribution < 1.29 is 4.79 Å². The Balaban J connectivity index is 2.53. The lowest BCUT2D eigenvalue weighted by Crippen LogP contribution is -2.39. The molecule has 0 aromatic heterocycles. The van der Waals surface area contributed by atoms with E-state index in [1.54, 1.807) is 0 Å². The third-order valence-corrected chi connectivity index (χ3v) is 4.43. The first-order chi connectivity index (χ1) is 8.97. The standard InChI is InChI=1S/C17H33NO/c1-15(2)7-11-18(12-8-16(3)4)13-17(14-19)9-5-6-10-17/h14-16H,5-13H2,1-4H3. The second-order valence-electron chi connectivity index (χ2n) is 7.33. The minimum atomic E-state index is -0.0199. The van der Waals surface area contributed by atoms with E-state index >= 15 is 0 Å². The molecule has 0 aromatic rings. The van der Waals surface area contributed by atoms with Gasteiger partial charge >= 0.3 is 0 Å². The first kappa shape index (κ1) is 16.7. The summed E-state index contributed by atoms with van der Waals surface area (Å²) in [5, 5.41) is 0. The molecule has 2 heteroatoms. The molecule has 1 rings (SSSR count). The predicted octanol–water partition coefficient (Wildman–Crippen LogP) is 4.14. The van der Waals surface area contributed by atoms with Crippen LogP contribution >= 0.6 is 0 Å². The van der Waals surface area contributed by atoms with Crippen LogP contribution in [-0.4, -0.2) is 30.8 Å². The number of nitrogens with zero attached hydrogens (tertiary/aromatic N) is 1. The molecule has 0 unspecified atom stereocenters. The molecule has 0 radical (unpaired) electrons. The average Bonchev–Trinajstić information content (AvgIpc) is 2.81. The minimum absolute atomic E-state index is 0.0199. The van der Waals surface area contributed by atoms with Crippen molar-refractivity contribution in [3.63, 3.8) is 0 Å². The molecule has 0 spiro atoms.